The molecule has 1 aliphatic heterocycles. The van der Waals surface area contributed by atoms with Crippen molar-refractivity contribution in [1.82, 2.24) is 15.1 Å². The summed E-state index contributed by atoms with van der Waals surface area (Å²) < 4.78 is 0. The predicted octanol–water partition coefficient (Wildman–Crippen LogP) is 2.24. The van der Waals surface area contributed by atoms with E-state index in [1.165, 1.54) is 16.2 Å². The monoisotopic (exact) mass is 363 g/mol. The molecule has 0 radical (unpaired) electrons. The maximum atomic E-state index is 12.7. The van der Waals surface area contributed by atoms with E-state index in [9.17, 15) is 14.4 Å². The number of likely N-dealkylation sites (N-methyl/N-ethyl adjacent to an activating group) is 1. The van der Waals surface area contributed by atoms with E-state index < -0.39 is 17.5 Å². The second-order valence-corrected chi connectivity index (χ2v) is 7.73. The standard InChI is InChI=1S/C16H17N3O3S2/c1-16(12-6-4-8-24-12)14(21)19(15(22)17-16)10-13(20)18(2)9-11-5-3-7-23-11/h3-8H,9-10H2,1-2H3,(H,17,22). The topological polar surface area (TPSA) is 69.7 Å². The zero-order valence-corrected chi connectivity index (χ0v) is 14.9. The molecule has 3 heterocycles. The maximum Gasteiger partial charge on any atom is 0.325 e. The van der Waals surface area contributed by atoms with Gasteiger partial charge in [0.15, 0.2) is 5.54 Å². The van der Waals surface area contributed by atoms with Gasteiger partial charge in [-0.3, -0.25) is 14.5 Å². The Balaban J connectivity index is 1.70. The van der Waals surface area contributed by atoms with Crippen LogP contribution >= 0.6 is 22.7 Å². The zero-order chi connectivity index (χ0) is 17.3. The Morgan fingerprint density at radius 1 is 1.25 bits per heavy atom. The smallest absolute Gasteiger partial charge is 0.325 e. The Morgan fingerprint density at radius 2 is 1.96 bits per heavy atom. The van der Waals surface area contributed by atoms with Gasteiger partial charge in [-0.2, -0.15) is 0 Å². The van der Waals surface area contributed by atoms with E-state index in [4.69, 9.17) is 0 Å². The third-order valence-corrected chi connectivity index (χ3v) is 5.93. The number of carbonyl (C=O) groups is 3. The number of urea groups is 1. The summed E-state index contributed by atoms with van der Waals surface area (Å²) in [6.45, 7) is 1.87. The summed E-state index contributed by atoms with van der Waals surface area (Å²) in [6, 6.07) is 6.96. The van der Waals surface area contributed by atoms with E-state index in [2.05, 4.69) is 5.32 Å². The van der Waals surface area contributed by atoms with Gasteiger partial charge in [-0.15, -0.1) is 22.7 Å². The summed E-state index contributed by atoms with van der Waals surface area (Å²) >= 11 is 2.96. The highest BCUT2D eigenvalue weighted by Gasteiger charge is 2.50. The van der Waals surface area contributed by atoms with Crippen molar-refractivity contribution in [2.45, 2.75) is 19.0 Å². The average Bonchev–Trinajstić information content (AvgIpc) is 3.27. The molecule has 8 heteroatoms. The Bertz CT molecular complexity index is 758. The molecule has 0 bridgehead atoms. The van der Waals surface area contributed by atoms with Gasteiger partial charge < -0.3 is 10.2 Å². The SMILES string of the molecule is CN(Cc1cccs1)C(=O)CN1C(=O)NC(C)(c2cccs2)C1=O. The highest BCUT2D eigenvalue weighted by atomic mass is 32.1. The van der Waals surface area contributed by atoms with Gasteiger partial charge in [0.1, 0.15) is 6.54 Å². The van der Waals surface area contributed by atoms with Crippen molar-refractivity contribution < 1.29 is 14.4 Å². The van der Waals surface area contributed by atoms with Crippen LogP contribution < -0.4 is 5.32 Å². The molecule has 2 aromatic heterocycles. The van der Waals surface area contributed by atoms with Crippen LogP contribution in [-0.2, 0) is 21.7 Å². The molecule has 6 nitrogen and oxygen atoms in total. The Hall–Kier alpha value is -2.19. The minimum Gasteiger partial charge on any atom is -0.339 e. The summed E-state index contributed by atoms with van der Waals surface area (Å²) in [6.07, 6.45) is 0. The molecular weight excluding hydrogens is 346 g/mol. The van der Waals surface area contributed by atoms with Crippen LogP contribution in [0.1, 0.15) is 16.7 Å². The number of thiophene rings is 2. The first-order valence-corrected chi connectivity index (χ1v) is 9.12. The first-order chi connectivity index (χ1) is 11.4. The number of hydrogen-bond acceptors (Lipinski definition) is 5. The summed E-state index contributed by atoms with van der Waals surface area (Å²) in [7, 11) is 1.67. The lowest BCUT2D eigenvalue weighted by molar-refractivity contribution is -0.138. The average molecular weight is 363 g/mol. The Labute approximate surface area is 147 Å². The largest absolute Gasteiger partial charge is 0.339 e. The zero-order valence-electron chi connectivity index (χ0n) is 13.3. The molecule has 2 aromatic rings. The van der Waals surface area contributed by atoms with Crippen LogP contribution in [0.2, 0.25) is 0 Å². The van der Waals surface area contributed by atoms with Gasteiger partial charge in [-0.05, 0) is 29.8 Å². The molecule has 24 heavy (non-hydrogen) atoms. The molecule has 1 saturated heterocycles. The fourth-order valence-corrected chi connectivity index (χ4v) is 4.14. The molecule has 1 aliphatic rings. The van der Waals surface area contributed by atoms with Crippen LogP contribution in [0.15, 0.2) is 35.0 Å². The Morgan fingerprint density at radius 3 is 2.58 bits per heavy atom. The summed E-state index contributed by atoms with van der Waals surface area (Å²) in [5.41, 5.74) is -1.10. The van der Waals surface area contributed by atoms with Gasteiger partial charge in [-0.1, -0.05) is 12.1 Å². The van der Waals surface area contributed by atoms with E-state index in [-0.39, 0.29) is 12.5 Å². The van der Waals surface area contributed by atoms with Gasteiger partial charge in [0.2, 0.25) is 5.91 Å². The molecule has 4 amide bonds. The number of imide groups is 1. The van der Waals surface area contributed by atoms with E-state index >= 15 is 0 Å². The molecule has 0 aliphatic carbocycles. The number of hydrogen-bond donors (Lipinski definition) is 1. The first-order valence-electron chi connectivity index (χ1n) is 7.36. The van der Waals surface area contributed by atoms with Crippen LogP contribution in [0.25, 0.3) is 0 Å². The lowest BCUT2D eigenvalue weighted by Gasteiger charge is -2.21. The molecular formula is C16H17N3O3S2. The summed E-state index contributed by atoms with van der Waals surface area (Å²) in [5, 5.41) is 6.49. The van der Waals surface area contributed by atoms with Crippen molar-refractivity contribution in [2.24, 2.45) is 0 Å². The fourth-order valence-electron chi connectivity index (χ4n) is 2.55. The lowest BCUT2D eigenvalue weighted by Crippen LogP contribution is -2.43. The molecule has 0 spiro atoms. The van der Waals surface area contributed by atoms with Crippen molar-refractivity contribution in [3.8, 4) is 0 Å². The molecule has 0 saturated carbocycles. The maximum absolute atomic E-state index is 12.7. The fraction of sp³-hybridized carbons (Fsp3) is 0.312. The summed E-state index contributed by atoms with van der Waals surface area (Å²) in [4.78, 5) is 41.6. The molecule has 1 atom stereocenters. The van der Waals surface area contributed by atoms with Crippen LogP contribution in [-0.4, -0.2) is 41.2 Å². The van der Waals surface area contributed by atoms with Crippen molar-refractivity contribution in [1.29, 1.82) is 0 Å². The van der Waals surface area contributed by atoms with Crippen LogP contribution in [0.5, 0.6) is 0 Å². The highest BCUT2D eigenvalue weighted by Crippen LogP contribution is 2.31. The quantitative estimate of drug-likeness (QED) is 0.828. The molecule has 0 aromatic carbocycles. The number of nitrogens with zero attached hydrogens (tertiary/aromatic N) is 2. The predicted molar refractivity (Wildman–Crippen MR) is 92.7 cm³/mol. The number of nitrogens with one attached hydrogen (secondary N) is 1. The summed E-state index contributed by atoms with van der Waals surface area (Å²) in [5.74, 6) is -0.671. The van der Waals surface area contributed by atoms with Crippen molar-refractivity contribution in [2.75, 3.05) is 13.6 Å². The molecule has 3 rings (SSSR count). The molecule has 1 fully saturated rings. The lowest BCUT2D eigenvalue weighted by atomic mass is 10.0. The van der Waals surface area contributed by atoms with Gasteiger partial charge in [0.25, 0.3) is 5.91 Å². The van der Waals surface area contributed by atoms with Crippen LogP contribution in [0.3, 0.4) is 0 Å². The number of rotatable bonds is 5. The highest BCUT2D eigenvalue weighted by molar-refractivity contribution is 7.10. The third-order valence-electron chi connectivity index (χ3n) is 3.98. The molecule has 1 unspecified atom stereocenters. The molecule has 1 N–H and O–H groups in total. The second-order valence-electron chi connectivity index (χ2n) is 5.75. The van der Waals surface area contributed by atoms with Crippen molar-refractivity contribution >= 4 is 40.5 Å². The van der Waals surface area contributed by atoms with Gasteiger partial charge in [-0.25, -0.2) is 4.79 Å². The van der Waals surface area contributed by atoms with Crippen LogP contribution in [0.4, 0.5) is 4.79 Å². The molecule has 126 valence electrons. The van der Waals surface area contributed by atoms with Gasteiger partial charge >= 0.3 is 6.03 Å². The second kappa shape index (κ2) is 6.37. The number of carbonyl (C=O) groups excluding carboxylic acids is 3. The van der Waals surface area contributed by atoms with Gasteiger partial charge in [0.05, 0.1) is 6.54 Å². The van der Waals surface area contributed by atoms with Crippen molar-refractivity contribution in [3.63, 3.8) is 0 Å². The van der Waals surface area contributed by atoms with Crippen LogP contribution in [0, 0.1) is 0 Å². The van der Waals surface area contributed by atoms with Crippen molar-refractivity contribution in [3.05, 3.63) is 44.8 Å². The van der Waals surface area contributed by atoms with E-state index in [0.717, 1.165) is 14.7 Å². The minimum absolute atomic E-state index is 0.256. The minimum atomic E-state index is -1.10. The first kappa shape index (κ1) is 16.7. The number of amides is 4. The normalized spacial score (nSPS) is 20.3. The third kappa shape index (κ3) is 2.94. The van der Waals surface area contributed by atoms with E-state index in [1.807, 2.05) is 29.0 Å². The van der Waals surface area contributed by atoms with E-state index in [0.29, 0.717) is 6.54 Å². The Kier molecular flexibility index (Phi) is 4.42. The van der Waals surface area contributed by atoms with Gasteiger partial charge in [0, 0.05) is 16.8 Å². The van der Waals surface area contributed by atoms with E-state index in [1.54, 1.807) is 31.4 Å².